The number of carbonyl (C=O) groups excluding carboxylic acids is 2. The number of hydrogen-bond acceptors (Lipinski definition) is 2. The maximum atomic E-state index is 12.1. The van der Waals surface area contributed by atoms with Gasteiger partial charge in [-0.1, -0.05) is 15.9 Å². The molecule has 7 heteroatoms. The number of nitrogens with one attached hydrogen (secondary N) is 3. The second-order valence-corrected chi connectivity index (χ2v) is 6.36. The van der Waals surface area contributed by atoms with E-state index in [4.69, 9.17) is 0 Å². The fourth-order valence-corrected chi connectivity index (χ4v) is 3.07. The normalized spacial score (nSPS) is 17.7. The van der Waals surface area contributed by atoms with E-state index in [9.17, 15) is 9.59 Å². The van der Waals surface area contributed by atoms with Crippen LogP contribution >= 0.6 is 15.9 Å². The third kappa shape index (κ3) is 3.09. The molecule has 3 N–H and O–H groups in total. The molecule has 3 rings (SSSR count). The fraction of sp³-hybridized carbons (Fsp3) is 0.333. The van der Waals surface area contributed by atoms with E-state index in [2.05, 4.69) is 31.5 Å². The van der Waals surface area contributed by atoms with Crippen LogP contribution in [0.1, 0.15) is 13.3 Å². The van der Waals surface area contributed by atoms with Crippen LogP contribution in [0, 0.1) is 0 Å². The molecule has 1 fully saturated rings. The van der Waals surface area contributed by atoms with Crippen LogP contribution in [0.5, 0.6) is 0 Å². The molecular formula is C15H17BrN4O2. The summed E-state index contributed by atoms with van der Waals surface area (Å²) in [5.41, 5.74) is 1.69. The summed E-state index contributed by atoms with van der Waals surface area (Å²) < 4.78 is 0.955. The Morgan fingerprint density at radius 1 is 1.41 bits per heavy atom. The fourth-order valence-electron chi connectivity index (χ4n) is 2.70. The van der Waals surface area contributed by atoms with E-state index in [-0.39, 0.29) is 18.0 Å². The molecule has 2 aromatic rings. The van der Waals surface area contributed by atoms with Crippen LogP contribution in [0.3, 0.4) is 0 Å². The molecule has 1 saturated heterocycles. The lowest BCUT2D eigenvalue weighted by atomic mass is 10.2. The third-order valence-electron chi connectivity index (χ3n) is 3.86. The van der Waals surface area contributed by atoms with E-state index in [1.54, 1.807) is 18.0 Å². The molecule has 0 saturated carbocycles. The highest BCUT2D eigenvalue weighted by Gasteiger charge is 2.25. The van der Waals surface area contributed by atoms with Gasteiger partial charge in [0.2, 0.25) is 5.91 Å². The summed E-state index contributed by atoms with van der Waals surface area (Å²) in [7, 11) is 0. The molecule has 0 aliphatic carbocycles. The van der Waals surface area contributed by atoms with Crippen molar-refractivity contribution in [3.8, 4) is 0 Å². The number of rotatable bonds is 2. The molecule has 1 aromatic heterocycles. The molecule has 2 heterocycles. The van der Waals surface area contributed by atoms with Crippen LogP contribution in [0.2, 0.25) is 0 Å². The Morgan fingerprint density at radius 2 is 2.23 bits per heavy atom. The summed E-state index contributed by atoms with van der Waals surface area (Å²) in [4.78, 5) is 28.3. The van der Waals surface area contributed by atoms with Crippen molar-refractivity contribution in [2.45, 2.75) is 19.4 Å². The Bertz CT molecular complexity index is 727. The average Bonchev–Trinajstić information content (AvgIpc) is 3.07. The number of carbonyl (C=O) groups is 2. The maximum Gasteiger partial charge on any atom is 0.319 e. The van der Waals surface area contributed by atoms with Gasteiger partial charge in [-0.25, -0.2) is 4.79 Å². The molecule has 0 radical (unpaired) electrons. The van der Waals surface area contributed by atoms with Gasteiger partial charge in [-0.15, -0.1) is 0 Å². The standard InChI is InChI=1S/C15H17BrN4O2/c1-9(21)20-5-4-11(8-20)18-15(22)19-14-7-17-13-3-2-10(16)6-12(13)14/h2-3,6-7,11,17H,4-5,8H2,1H3,(H2,18,19,22). The molecule has 0 spiro atoms. The first-order valence-electron chi connectivity index (χ1n) is 7.12. The minimum atomic E-state index is -0.253. The molecule has 1 aliphatic heterocycles. The van der Waals surface area contributed by atoms with Gasteiger partial charge in [0.05, 0.1) is 5.69 Å². The van der Waals surface area contributed by atoms with E-state index in [1.807, 2.05) is 18.2 Å². The van der Waals surface area contributed by atoms with E-state index >= 15 is 0 Å². The highest BCUT2D eigenvalue weighted by Crippen LogP contribution is 2.26. The van der Waals surface area contributed by atoms with Crippen LogP contribution in [0.25, 0.3) is 10.9 Å². The lowest BCUT2D eigenvalue weighted by Gasteiger charge is -2.15. The Kier molecular flexibility index (Phi) is 4.06. The second-order valence-electron chi connectivity index (χ2n) is 5.44. The number of benzene rings is 1. The average molecular weight is 365 g/mol. The number of anilines is 1. The number of aromatic nitrogens is 1. The third-order valence-corrected chi connectivity index (χ3v) is 4.35. The summed E-state index contributed by atoms with van der Waals surface area (Å²) >= 11 is 3.43. The SMILES string of the molecule is CC(=O)N1CCC(NC(=O)Nc2c[nH]c3ccc(Br)cc23)C1. The Morgan fingerprint density at radius 3 is 2.95 bits per heavy atom. The molecule has 0 bridgehead atoms. The van der Waals surface area contributed by atoms with Crippen molar-refractivity contribution in [1.29, 1.82) is 0 Å². The van der Waals surface area contributed by atoms with Crippen LogP contribution in [-0.4, -0.2) is 41.0 Å². The monoisotopic (exact) mass is 364 g/mol. The smallest absolute Gasteiger partial charge is 0.319 e. The number of nitrogens with zero attached hydrogens (tertiary/aromatic N) is 1. The Hall–Kier alpha value is -2.02. The first kappa shape index (κ1) is 14.9. The Balaban J connectivity index is 1.64. The number of amides is 3. The first-order chi connectivity index (χ1) is 10.5. The number of likely N-dealkylation sites (tertiary alicyclic amines) is 1. The topological polar surface area (TPSA) is 77.2 Å². The predicted octanol–water partition coefficient (Wildman–Crippen LogP) is 2.67. The van der Waals surface area contributed by atoms with Gasteiger partial charge in [0.25, 0.3) is 0 Å². The lowest BCUT2D eigenvalue weighted by molar-refractivity contribution is -0.127. The molecule has 116 valence electrons. The Labute approximate surface area is 136 Å². The molecule has 1 aromatic carbocycles. The van der Waals surface area contributed by atoms with Crippen molar-refractivity contribution in [2.75, 3.05) is 18.4 Å². The number of urea groups is 1. The first-order valence-corrected chi connectivity index (χ1v) is 7.92. The van der Waals surface area contributed by atoms with Gasteiger partial charge >= 0.3 is 6.03 Å². The van der Waals surface area contributed by atoms with E-state index in [0.29, 0.717) is 13.1 Å². The van der Waals surface area contributed by atoms with Gasteiger partial charge in [-0.3, -0.25) is 4.79 Å². The summed E-state index contributed by atoms with van der Waals surface area (Å²) in [6.07, 6.45) is 2.56. The zero-order chi connectivity index (χ0) is 15.7. The minimum Gasteiger partial charge on any atom is -0.359 e. The van der Waals surface area contributed by atoms with Crippen molar-refractivity contribution in [3.05, 3.63) is 28.9 Å². The molecule has 22 heavy (non-hydrogen) atoms. The predicted molar refractivity (Wildman–Crippen MR) is 88.8 cm³/mol. The van der Waals surface area contributed by atoms with Gasteiger partial charge in [0.1, 0.15) is 0 Å². The largest absolute Gasteiger partial charge is 0.359 e. The molecule has 1 atom stereocenters. The quantitative estimate of drug-likeness (QED) is 0.765. The van der Waals surface area contributed by atoms with Crippen molar-refractivity contribution in [1.82, 2.24) is 15.2 Å². The number of aromatic amines is 1. The highest BCUT2D eigenvalue weighted by atomic mass is 79.9. The number of H-pyrrole nitrogens is 1. The number of hydrogen-bond donors (Lipinski definition) is 3. The van der Waals surface area contributed by atoms with Crippen LogP contribution < -0.4 is 10.6 Å². The zero-order valence-corrected chi connectivity index (χ0v) is 13.7. The minimum absolute atomic E-state index is 0.000780. The van der Waals surface area contributed by atoms with E-state index in [0.717, 1.165) is 27.5 Å². The van der Waals surface area contributed by atoms with E-state index < -0.39 is 0 Å². The van der Waals surface area contributed by atoms with Gasteiger partial charge in [0, 0.05) is 47.6 Å². The van der Waals surface area contributed by atoms with Crippen molar-refractivity contribution < 1.29 is 9.59 Å². The van der Waals surface area contributed by atoms with Gasteiger partial charge < -0.3 is 20.5 Å². The number of halogens is 1. The molecule has 1 unspecified atom stereocenters. The highest BCUT2D eigenvalue weighted by molar-refractivity contribution is 9.10. The summed E-state index contributed by atoms with van der Waals surface area (Å²) in [5.74, 6) is 0.0474. The van der Waals surface area contributed by atoms with E-state index in [1.165, 1.54) is 0 Å². The van der Waals surface area contributed by atoms with Crippen molar-refractivity contribution in [3.63, 3.8) is 0 Å². The van der Waals surface area contributed by atoms with Crippen molar-refractivity contribution >= 4 is 44.5 Å². The molecule has 3 amide bonds. The zero-order valence-electron chi connectivity index (χ0n) is 12.1. The van der Waals surface area contributed by atoms with Crippen LogP contribution in [0.15, 0.2) is 28.9 Å². The summed E-state index contributed by atoms with van der Waals surface area (Å²) in [6, 6.07) is 5.59. The van der Waals surface area contributed by atoms with Crippen LogP contribution in [0.4, 0.5) is 10.5 Å². The second kappa shape index (κ2) is 6.00. The number of fused-ring (bicyclic) bond motifs is 1. The summed E-state index contributed by atoms with van der Waals surface area (Å²) in [5, 5.41) is 6.71. The molecular weight excluding hydrogens is 348 g/mol. The van der Waals surface area contributed by atoms with Gasteiger partial charge in [0.15, 0.2) is 0 Å². The lowest BCUT2D eigenvalue weighted by Crippen LogP contribution is -2.40. The van der Waals surface area contributed by atoms with Crippen LogP contribution in [-0.2, 0) is 4.79 Å². The molecule has 1 aliphatic rings. The summed E-state index contributed by atoms with van der Waals surface area (Å²) in [6.45, 7) is 2.81. The molecule has 6 nitrogen and oxygen atoms in total. The van der Waals surface area contributed by atoms with Crippen molar-refractivity contribution in [2.24, 2.45) is 0 Å². The van der Waals surface area contributed by atoms with Gasteiger partial charge in [-0.2, -0.15) is 0 Å². The maximum absolute atomic E-state index is 12.1. The van der Waals surface area contributed by atoms with Gasteiger partial charge in [-0.05, 0) is 24.6 Å².